The van der Waals surface area contributed by atoms with Crippen molar-refractivity contribution in [3.05, 3.63) is 48.5 Å². The van der Waals surface area contributed by atoms with E-state index < -0.39 is 0 Å². The van der Waals surface area contributed by atoms with Crippen molar-refractivity contribution in [2.24, 2.45) is 0 Å². The first-order valence-electron chi connectivity index (χ1n) is 5.18. The molecule has 0 fully saturated rings. The fourth-order valence-corrected chi connectivity index (χ4v) is 9.16. The standard InChI is InChI=1S/C13H9S3.ClH/c1-3-7-11-9(5-1)14-13-15-10-6-2-4-8-12(10)16(11)13;/h1-8,13H;1H/q+1;/p-1. The third-order valence-corrected chi connectivity index (χ3v) is 9.03. The fourth-order valence-electron chi connectivity index (χ4n) is 2.11. The van der Waals surface area contributed by atoms with Crippen LogP contribution in [0.15, 0.2) is 68.1 Å². The quantitative estimate of drug-likeness (QED) is 0.671. The summed E-state index contributed by atoms with van der Waals surface area (Å²) in [5, 5.41) is 0. The molecular weight excluding hydrogens is 288 g/mol. The van der Waals surface area contributed by atoms with E-state index in [0.29, 0.717) is 14.8 Å². The van der Waals surface area contributed by atoms with Crippen LogP contribution >= 0.6 is 23.5 Å². The van der Waals surface area contributed by atoms with E-state index in [-0.39, 0.29) is 12.4 Å². The van der Waals surface area contributed by atoms with Gasteiger partial charge in [0.05, 0.1) is 20.7 Å². The average molecular weight is 297 g/mol. The molecule has 0 unspecified atom stereocenters. The van der Waals surface area contributed by atoms with Gasteiger partial charge in [-0.1, -0.05) is 47.8 Å². The lowest BCUT2D eigenvalue weighted by atomic mass is 10.4. The van der Waals surface area contributed by atoms with Gasteiger partial charge in [0, 0.05) is 0 Å². The van der Waals surface area contributed by atoms with E-state index in [2.05, 4.69) is 48.5 Å². The molecule has 0 aliphatic carbocycles. The van der Waals surface area contributed by atoms with Crippen LogP contribution in [-0.2, 0) is 10.9 Å². The van der Waals surface area contributed by atoms with Crippen LogP contribution in [0, 0.1) is 0 Å². The number of halogens is 1. The smallest absolute Gasteiger partial charge is 0.229 e. The summed E-state index contributed by atoms with van der Waals surface area (Å²) in [5.74, 6) is 0. The van der Waals surface area contributed by atoms with E-state index in [1.807, 2.05) is 23.5 Å². The number of hydrogen-bond acceptors (Lipinski definition) is 2. The van der Waals surface area contributed by atoms with Crippen molar-refractivity contribution in [2.45, 2.75) is 23.5 Å². The van der Waals surface area contributed by atoms with Gasteiger partial charge in [-0.05, 0) is 24.3 Å². The van der Waals surface area contributed by atoms with E-state index >= 15 is 0 Å². The monoisotopic (exact) mass is 296 g/mol. The van der Waals surface area contributed by atoms with Crippen LogP contribution in [0.5, 0.6) is 0 Å². The number of fused-ring (bicyclic) bond motifs is 5. The molecule has 0 N–H and O–H groups in total. The van der Waals surface area contributed by atoms with Crippen molar-refractivity contribution in [2.75, 3.05) is 0 Å². The maximum absolute atomic E-state index is 2.30. The Morgan fingerprint density at radius 3 is 1.76 bits per heavy atom. The molecule has 4 heteroatoms. The summed E-state index contributed by atoms with van der Waals surface area (Å²) in [7, 11) is 0.308. The molecular formula is C13H9ClS3. The molecule has 0 amide bonds. The van der Waals surface area contributed by atoms with Crippen LogP contribution in [0.2, 0.25) is 0 Å². The Hall–Kier alpha value is -0.220. The van der Waals surface area contributed by atoms with Crippen LogP contribution in [0.25, 0.3) is 0 Å². The topological polar surface area (TPSA) is 0 Å². The number of rotatable bonds is 0. The van der Waals surface area contributed by atoms with Gasteiger partial charge in [-0.3, -0.25) is 0 Å². The highest BCUT2D eigenvalue weighted by atomic mass is 35.5. The Morgan fingerprint density at radius 1 is 0.765 bits per heavy atom. The molecule has 86 valence electrons. The van der Waals surface area contributed by atoms with Crippen LogP contribution in [-0.4, -0.2) is 3.91 Å². The van der Waals surface area contributed by atoms with Crippen molar-refractivity contribution in [3.8, 4) is 0 Å². The van der Waals surface area contributed by atoms with Gasteiger partial charge in [-0.25, -0.2) is 0 Å². The molecule has 0 nitrogen and oxygen atoms in total. The molecule has 2 aliphatic rings. The van der Waals surface area contributed by atoms with E-state index in [1.165, 1.54) is 9.79 Å². The summed E-state index contributed by atoms with van der Waals surface area (Å²) < 4.78 is 0.690. The molecule has 0 spiro atoms. The predicted molar refractivity (Wildman–Crippen MR) is 72.3 cm³/mol. The molecule has 0 radical (unpaired) electrons. The van der Waals surface area contributed by atoms with Gasteiger partial charge in [-0.2, -0.15) is 0 Å². The van der Waals surface area contributed by atoms with Crippen molar-refractivity contribution >= 4 is 34.4 Å². The van der Waals surface area contributed by atoms with Gasteiger partial charge in [0.15, 0.2) is 9.79 Å². The van der Waals surface area contributed by atoms with Crippen molar-refractivity contribution in [3.63, 3.8) is 0 Å². The summed E-state index contributed by atoms with van der Waals surface area (Å²) in [6.07, 6.45) is 0. The van der Waals surface area contributed by atoms with E-state index in [9.17, 15) is 0 Å². The zero-order valence-corrected chi connectivity index (χ0v) is 12.0. The lowest BCUT2D eigenvalue weighted by Crippen LogP contribution is -3.00. The highest BCUT2D eigenvalue weighted by Gasteiger charge is 2.51. The van der Waals surface area contributed by atoms with Gasteiger partial charge in [0.1, 0.15) is 0 Å². The third-order valence-electron chi connectivity index (χ3n) is 2.81. The van der Waals surface area contributed by atoms with Gasteiger partial charge in [0.25, 0.3) is 0 Å². The first kappa shape index (κ1) is 11.8. The second-order valence-corrected chi connectivity index (χ2v) is 8.97. The Kier molecular flexibility index (Phi) is 3.11. The molecule has 4 rings (SSSR count). The van der Waals surface area contributed by atoms with Gasteiger partial charge >= 0.3 is 0 Å². The second kappa shape index (κ2) is 4.47. The Morgan fingerprint density at radius 2 is 1.24 bits per heavy atom. The minimum Gasteiger partial charge on any atom is -1.00 e. The molecule has 0 atom stereocenters. The normalized spacial score (nSPS) is 23.5. The molecule has 2 aromatic rings. The first-order valence-corrected chi connectivity index (χ1v) is 8.23. The minimum atomic E-state index is 0. The van der Waals surface area contributed by atoms with Crippen molar-refractivity contribution in [1.29, 1.82) is 0 Å². The highest BCUT2D eigenvalue weighted by Crippen LogP contribution is 2.59. The first-order chi connectivity index (χ1) is 7.93. The zero-order chi connectivity index (χ0) is 10.5. The Balaban J connectivity index is 0.000000902. The summed E-state index contributed by atoms with van der Waals surface area (Å²) in [6.45, 7) is 0. The molecule has 0 saturated carbocycles. The Labute approximate surface area is 118 Å². The fraction of sp³-hybridized carbons (Fsp3) is 0.0769. The SMILES string of the molecule is [Cl-].c1ccc2c(c1)SC1Sc3ccccc3[S+]21. The summed E-state index contributed by atoms with van der Waals surface area (Å²) >= 11 is 4.08. The lowest BCUT2D eigenvalue weighted by Gasteiger charge is -1.98. The molecule has 0 aromatic heterocycles. The minimum absolute atomic E-state index is 0. The maximum atomic E-state index is 2.30. The van der Waals surface area contributed by atoms with Crippen LogP contribution in [0.1, 0.15) is 0 Å². The van der Waals surface area contributed by atoms with E-state index in [1.54, 1.807) is 9.79 Å². The highest BCUT2D eigenvalue weighted by molar-refractivity contribution is 8.34. The van der Waals surface area contributed by atoms with Crippen LogP contribution in [0.3, 0.4) is 0 Å². The van der Waals surface area contributed by atoms with Gasteiger partial charge in [-0.15, -0.1) is 0 Å². The van der Waals surface area contributed by atoms with Crippen LogP contribution < -0.4 is 12.4 Å². The largest absolute Gasteiger partial charge is 1.00 e. The number of thioether (sulfide) groups is 2. The summed E-state index contributed by atoms with van der Waals surface area (Å²) in [6, 6.07) is 17.7. The number of benzene rings is 2. The number of hydrogen-bond donors (Lipinski definition) is 0. The second-order valence-electron chi connectivity index (χ2n) is 3.76. The maximum Gasteiger partial charge on any atom is 0.229 e. The molecule has 2 heterocycles. The van der Waals surface area contributed by atoms with Gasteiger partial charge < -0.3 is 12.4 Å². The molecule has 2 aliphatic heterocycles. The third kappa shape index (κ3) is 1.72. The Bertz CT molecular complexity index is 521. The van der Waals surface area contributed by atoms with E-state index in [0.717, 1.165) is 0 Å². The van der Waals surface area contributed by atoms with Crippen LogP contribution in [0.4, 0.5) is 0 Å². The summed E-state index contributed by atoms with van der Waals surface area (Å²) in [4.78, 5) is 6.07. The molecule has 2 aromatic carbocycles. The molecule has 17 heavy (non-hydrogen) atoms. The molecule has 0 saturated heterocycles. The van der Waals surface area contributed by atoms with Gasteiger partial charge in [0.2, 0.25) is 3.91 Å². The molecule has 0 bridgehead atoms. The lowest BCUT2D eigenvalue weighted by molar-refractivity contribution is -0.00000295. The zero-order valence-electron chi connectivity index (χ0n) is 8.80. The van der Waals surface area contributed by atoms with E-state index in [4.69, 9.17) is 0 Å². The summed E-state index contributed by atoms with van der Waals surface area (Å²) in [5.41, 5.74) is 0. The van der Waals surface area contributed by atoms with Crippen molar-refractivity contribution in [1.82, 2.24) is 0 Å². The van der Waals surface area contributed by atoms with Crippen molar-refractivity contribution < 1.29 is 12.4 Å². The average Bonchev–Trinajstić information content (AvgIpc) is 2.83. The predicted octanol–water partition coefficient (Wildman–Crippen LogP) is 1.22.